The van der Waals surface area contributed by atoms with Crippen LogP contribution in [0.4, 0.5) is 0 Å². The Kier molecular flexibility index (Phi) is 11.5. The second-order valence-electron chi connectivity index (χ2n) is 11.5. The maximum Gasteiger partial charge on any atom is 0.184 e. The lowest BCUT2D eigenvalue weighted by Gasteiger charge is -2.42. The van der Waals surface area contributed by atoms with Crippen molar-refractivity contribution >= 4 is 0 Å². The van der Waals surface area contributed by atoms with Crippen LogP contribution in [0.2, 0.25) is 0 Å². The van der Waals surface area contributed by atoms with Gasteiger partial charge in [0.1, 0.15) is 36.6 Å². The van der Waals surface area contributed by atoms with Crippen LogP contribution in [0.3, 0.4) is 0 Å². The van der Waals surface area contributed by atoms with Crippen LogP contribution < -0.4 is 5.32 Å². The molecule has 6 unspecified atom stereocenters. The molecule has 0 aliphatic carbocycles. The Morgan fingerprint density at radius 3 is 1.51 bits per heavy atom. The maximum atomic E-state index is 11.2. The van der Waals surface area contributed by atoms with Crippen molar-refractivity contribution in [3.05, 3.63) is 71.8 Å². The van der Waals surface area contributed by atoms with Crippen molar-refractivity contribution in [2.45, 2.75) is 80.3 Å². The number of ether oxygens (including phenoxy) is 4. The number of aliphatic hydroxyl groups is 6. The molecule has 3 saturated heterocycles. The molecule has 3 heterocycles. The first-order chi connectivity index (χ1) is 20.8. The topological polar surface area (TPSA) is 174 Å². The minimum Gasteiger partial charge on any atom is -0.389 e. The summed E-state index contributed by atoms with van der Waals surface area (Å²) in [5, 5.41) is 69.1. The third-order valence-corrected chi connectivity index (χ3v) is 8.43. The molecule has 238 valence electrons. The Hall–Kier alpha value is -2.04. The molecule has 0 radical (unpaired) electrons. The number of piperidine rings is 1. The Morgan fingerprint density at radius 1 is 0.674 bits per heavy atom. The van der Waals surface area contributed by atoms with E-state index in [-0.39, 0.29) is 32.3 Å². The highest BCUT2D eigenvalue weighted by Crippen LogP contribution is 2.31. The Labute approximate surface area is 251 Å². The van der Waals surface area contributed by atoms with Gasteiger partial charge in [-0.3, -0.25) is 4.90 Å². The van der Waals surface area contributed by atoms with Gasteiger partial charge < -0.3 is 54.9 Å². The molecule has 43 heavy (non-hydrogen) atoms. The van der Waals surface area contributed by atoms with Crippen molar-refractivity contribution in [2.24, 2.45) is 0 Å². The molecule has 10 atom stereocenters. The fourth-order valence-corrected chi connectivity index (χ4v) is 5.97. The average molecular weight is 605 g/mol. The van der Waals surface area contributed by atoms with E-state index in [2.05, 4.69) is 5.32 Å². The highest BCUT2D eigenvalue weighted by atomic mass is 16.7. The molecule has 12 heteroatoms. The average Bonchev–Trinajstić information content (AvgIpc) is 3.05. The van der Waals surface area contributed by atoms with E-state index in [0.29, 0.717) is 0 Å². The smallest absolute Gasteiger partial charge is 0.184 e. The van der Waals surface area contributed by atoms with Crippen LogP contribution in [0.1, 0.15) is 36.5 Å². The molecule has 3 aliphatic heterocycles. The lowest BCUT2D eigenvalue weighted by Crippen LogP contribution is -2.58. The van der Waals surface area contributed by atoms with Crippen molar-refractivity contribution in [2.75, 3.05) is 39.4 Å². The zero-order valence-electron chi connectivity index (χ0n) is 24.0. The van der Waals surface area contributed by atoms with E-state index >= 15 is 0 Å². The van der Waals surface area contributed by atoms with E-state index in [1.54, 1.807) is 0 Å². The summed E-state index contributed by atoms with van der Waals surface area (Å²) in [4.78, 5) is 1.84. The summed E-state index contributed by atoms with van der Waals surface area (Å²) in [7, 11) is 0. The number of benzene rings is 2. The predicted molar refractivity (Wildman–Crippen MR) is 154 cm³/mol. The van der Waals surface area contributed by atoms with Gasteiger partial charge in [0.25, 0.3) is 0 Å². The largest absolute Gasteiger partial charge is 0.389 e. The lowest BCUT2D eigenvalue weighted by atomic mass is 9.97. The van der Waals surface area contributed by atoms with Gasteiger partial charge in [0.15, 0.2) is 12.6 Å². The molecule has 3 fully saturated rings. The first-order valence-corrected chi connectivity index (χ1v) is 15.0. The summed E-state index contributed by atoms with van der Waals surface area (Å²) >= 11 is 0. The molecule has 12 nitrogen and oxygen atoms in total. The summed E-state index contributed by atoms with van der Waals surface area (Å²) in [6, 6.07) is 18.2. The zero-order chi connectivity index (χ0) is 30.3. The van der Waals surface area contributed by atoms with Gasteiger partial charge in [0.2, 0.25) is 0 Å². The van der Waals surface area contributed by atoms with Crippen molar-refractivity contribution in [3.63, 3.8) is 0 Å². The highest BCUT2D eigenvalue weighted by molar-refractivity contribution is 5.17. The molecule has 2 aromatic carbocycles. The molecule has 0 spiro atoms. The summed E-state index contributed by atoms with van der Waals surface area (Å²) in [6.07, 6.45) is -10.3. The van der Waals surface area contributed by atoms with Gasteiger partial charge >= 0.3 is 0 Å². The first kappa shape index (κ1) is 32.4. The van der Waals surface area contributed by atoms with Crippen LogP contribution in [0.5, 0.6) is 0 Å². The Balaban J connectivity index is 1.24. The molecule has 0 aromatic heterocycles. The van der Waals surface area contributed by atoms with E-state index in [9.17, 15) is 30.6 Å². The second kappa shape index (κ2) is 15.3. The molecule has 5 rings (SSSR count). The van der Waals surface area contributed by atoms with Gasteiger partial charge in [-0.15, -0.1) is 0 Å². The third-order valence-electron chi connectivity index (χ3n) is 8.43. The number of nitrogens with one attached hydrogen (secondary N) is 1. The van der Waals surface area contributed by atoms with E-state index < -0.39 is 61.4 Å². The minimum absolute atomic E-state index is 0.0527. The van der Waals surface area contributed by atoms with Crippen molar-refractivity contribution in [3.8, 4) is 0 Å². The van der Waals surface area contributed by atoms with E-state index in [0.717, 1.165) is 37.1 Å². The maximum absolute atomic E-state index is 11.2. The molecule has 0 amide bonds. The van der Waals surface area contributed by atoms with E-state index in [4.69, 9.17) is 18.9 Å². The van der Waals surface area contributed by atoms with Gasteiger partial charge in [0, 0.05) is 30.3 Å². The van der Waals surface area contributed by atoms with Crippen molar-refractivity contribution < 1.29 is 49.6 Å². The van der Waals surface area contributed by atoms with Crippen LogP contribution in [0, 0.1) is 0 Å². The van der Waals surface area contributed by atoms with Gasteiger partial charge in [-0.25, -0.2) is 0 Å². The molecular weight excluding hydrogens is 560 g/mol. The molecule has 0 saturated carbocycles. The predicted octanol–water partition coefficient (Wildman–Crippen LogP) is -0.566. The van der Waals surface area contributed by atoms with Gasteiger partial charge in [-0.05, 0) is 25.9 Å². The normalized spacial score (nSPS) is 31.8. The van der Waals surface area contributed by atoms with Gasteiger partial charge in [0.05, 0.1) is 25.4 Å². The Morgan fingerprint density at radius 2 is 1.09 bits per heavy atom. The number of rotatable bonds is 11. The number of hydrogen-bond donors (Lipinski definition) is 7. The van der Waals surface area contributed by atoms with E-state index in [1.807, 2.05) is 65.6 Å². The van der Waals surface area contributed by atoms with Crippen molar-refractivity contribution in [1.29, 1.82) is 0 Å². The fraction of sp³-hybridized carbons (Fsp3) is 0.613. The number of aliphatic hydroxyl groups excluding tert-OH is 6. The second-order valence-corrected chi connectivity index (χ2v) is 11.5. The minimum atomic E-state index is -1.45. The van der Waals surface area contributed by atoms with Crippen LogP contribution >= 0.6 is 0 Å². The van der Waals surface area contributed by atoms with Gasteiger partial charge in [-0.2, -0.15) is 0 Å². The van der Waals surface area contributed by atoms with Crippen molar-refractivity contribution in [1.82, 2.24) is 10.2 Å². The summed E-state index contributed by atoms with van der Waals surface area (Å²) in [5.74, 6) is 0. The molecule has 7 N–H and O–H groups in total. The molecular formula is C31H44N2O10. The quantitative estimate of drug-likeness (QED) is 0.174. The SMILES string of the molecule is OC(CN(CC(O)C(O)[C@@H]1OC(c2ccccc2)OC[C@H]1O)C1CCNCC1)C(O)[C@@H]1OC(c2ccccc2)OC[C@H]1O. The molecule has 0 bridgehead atoms. The number of hydrogen-bond acceptors (Lipinski definition) is 12. The summed E-state index contributed by atoms with van der Waals surface area (Å²) in [5.41, 5.74) is 1.45. The van der Waals surface area contributed by atoms with Crippen LogP contribution in [0.25, 0.3) is 0 Å². The standard InChI is InChI=1S/C31H44N2O10/c34-22(26(38)28-24(36)17-40-30(42-28)19-7-3-1-4-8-19)15-33(21-11-13-32-14-12-21)16-23(35)27(39)29-25(37)18-41-31(43-29)20-9-5-2-6-10-20/h1-10,21-32,34-39H,11-18H2/t22?,23?,24-,25-,26?,27?,28-,29-,30?,31?/m1/s1. The van der Waals surface area contributed by atoms with Crippen LogP contribution in [0.15, 0.2) is 60.7 Å². The van der Waals surface area contributed by atoms with Gasteiger partial charge in [-0.1, -0.05) is 60.7 Å². The molecule has 3 aliphatic rings. The van der Waals surface area contributed by atoms with Crippen LogP contribution in [-0.2, 0) is 18.9 Å². The molecule has 2 aromatic rings. The number of nitrogens with zero attached hydrogens (tertiary/aromatic N) is 1. The Bertz CT molecular complexity index is 1020. The van der Waals surface area contributed by atoms with Crippen LogP contribution in [-0.4, -0.2) is 130 Å². The zero-order valence-corrected chi connectivity index (χ0v) is 24.0. The highest BCUT2D eigenvalue weighted by Gasteiger charge is 2.43. The monoisotopic (exact) mass is 604 g/mol. The summed E-state index contributed by atoms with van der Waals surface area (Å²) < 4.78 is 23.0. The van der Waals surface area contributed by atoms with E-state index in [1.165, 1.54) is 0 Å². The third kappa shape index (κ3) is 8.17. The fourth-order valence-electron chi connectivity index (χ4n) is 5.97. The lowest BCUT2D eigenvalue weighted by molar-refractivity contribution is -0.285. The first-order valence-electron chi connectivity index (χ1n) is 15.0. The summed E-state index contributed by atoms with van der Waals surface area (Å²) in [6.45, 7) is 1.22.